The molecule has 6 nitrogen and oxygen atoms in total. The smallest absolute Gasteiger partial charge is 0.248 e. The molecule has 1 unspecified atom stereocenters. The van der Waals surface area contributed by atoms with E-state index in [1.54, 1.807) is 31.2 Å². The molecule has 1 amide bonds. The molecule has 0 heterocycles. The summed E-state index contributed by atoms with van der Waals surface area (Å²) in [6, 6.07) is 11.5. The summed E-state index contributed by atoms with van der Waals surface area (Å²) in [5, 5.41) is 2.90. The molecule has 0 aliphatic heterocycles. The molecular formula is C20H26N2O4S. The maximum Gasteiger partial charge on any atom is 0.248 e. The first-order valence-electron chi connectivity index (χ1n) is 8.69. The van der Waals surface area contributed by atoms with Gasteiger partial charge in [0.2, 0.25) is 15.9 Å². The quantitative estimate of drug-likeness (QED) is 0.785. The van der Waals surface area contributed by atoms with Crippen LogP contribution in [0.2, 0.25) is 0 Å². The SMILES string of the molecule is CCC(C(=O)Nc1c(C)cccc1C)N(c1cccc(OC)c1)S(C)(=O)=O. The third-order valence-electron chi connectivity index (χ3n) is 4.37. The monoisotopic (exact) mass is 390 g/mol. The number of aryl methyl sites for hydroxylation is 2. The maximum atomic E-state index is 13.0. The van der Waals surface area contributed by atoms with Gasteiger partial charge >= 0.3 is 0 Å². The molecule has 0 fully saturated rings. The minimum Gasteiger partial charge on any atom is -0.497 e. The van der Waals surface area contributed by atoms with Crippen molar-refractivity contribution in [2.24, 2.45) is 0 Å². The van der Waals surface area contributed by atoms with Gasteiger partial charge in [0.15, 0.2) is 0 Å². The Balaban J connectivity index is 2.44. The van der Waals surface area contributed by atoms with E-state index >= 15 is 0 Å². The number of amides is 1. The highest BCUT2D eigenvalue weighted by atomic mass is 32.2. The summed E-state index contributed by atoms with van der Waals surface area (Å²) in [6.45, 7) is 5.59. The Morgan fingerprint density at radius 2 is 1.74 bits per heavy atom. The van der Waals surface area contributed by atoms with Gasteiger partial charge in [-0.1, -0.05) is 31.2 Å². The van der Waals surface area contributed by atoms with Crippen LogP contribution in [0, 0.1) is 13.8 Å². The number of nitrogens with one attached hydrogen (secondary N) is 1. The van der Waals surface area contributed by atoms with Crippen LogP contribution in [0.1, 0.15) is 24.5 Å². The van der Waals surface area contributed by atoms with Crippen molar-refractivity contribution in [3.63, 3.8) is 0 Å². The lowest BCUT2D eigenvalue weighted by Crippen LogP contribution is -2.47. The van der Waals surface area contributed by atoms with E-state index in [1.807, 2.05) is 32.0 Å². The number of sulfonamides is 1. The number of anilines is 2. The molecule has 27 heavy (non-hydrogen) atoms. The van der Waals surface area contributed by atoms with Crippen LogP contribution in [-0.4, -0.2) is 33.7 Å². The molecule has 1 atom stereocenters. The van der Waals surface area contributed by atoms with E-state index in [4.69, 9.17) is 4.74 Å². The lowest BCUT2D eigenvalue weighted by Gasteiger charge is -2.30. The summed E-state index contributed by atoms with van der Waals surface area (Å²) in [6.07, 6.45) is 1.42. The Hall–Kier alpha value is -2.54. The van der Waals surface area contributed by atoms with Gasteiger partial charge in [0, 0.05) is 11.8 Å². The number of nitrogens with zero attached hydrogens (tertiary/aromatic N) is 1. The predicted octanol–water partition coefficient (Wildman–Crippen LogP) is 3.50. The zero-order chi connectivity index (χ0) is 20.2. The minimum atomic E-state index is -3.69. The lowest BCUT2D eigenvalue weighted by molar-refractivity contribution is -0.117. The molecule has 0 bridgehead atoms. The zero-order valence-electron chi connectivity index (χ0n) is 16.3. The molecule has 0 aliphatic carbocycles. The van der Waals surface area contributed by atoms with E-state index in [2.05, 4.69) is 5.32 Å². The standard InChI is InChI=1S/C20H26N2O4S/c1-6-18(20(23)21-19-14(2)9-7-10-15(19)3)22(27(5,24)25)16-11-8-12-17(13-16)26-4/h7-13,18H,6H2,1-5H3,(H,21,23). The summed E-state index contributed by atoms with van der Waals surface area (Å²) in [7, 11) is -2.19. The second-order valence-electron chi connectivity index (χ2n) is 6.44. The molecule has 0 spiro atoms. The number of para-hydroxylation sites is 1. The Labute approximate surface area is 161 Å². The molecule has 0 saturated heterocycles. The number of carbonyl (C=O) groups is 1. The number of hydrogen-bond donors (Lipinski definition) is 1. The van der Waals surface area contributed by atoms with Crippen molar-refractivity contribution in [3.8, 4) is 5.75 Å². The van der Waals surface area contributed by atoms with Crippen molar-refractivity contribution < 1.29 is 17.9 Å². The number of carbonyl (C=O) groups excluding carboxylic acids is 1. The third kappa shape index (κ3) is 4.80. The number of rotatable bonds is 7. The lowest BCUT2D eigenvalue weighted by atomic mass is 10.1. The molecule has 0 aromatic heterocycles. The first-order valence-corrected chi connectivity index (χ1v) is 10.5. The maximum absolute atomic E-state index is 13.0. The Morgan fingerprint density at radius 1 is 1.15 bits per heavy atom. The molecule has 0 radical (unpaired) electrons. The van der Waals surface area contributed by atoms with E-state index in [0.29, 0.717) is 23.5 Å². The van der Waals surface area contributed by atoms with Gasteiger partial charge in [0.05, 0.1) is 19.1 Å². The predicted molar refractivity (Wildman–Crippen MR) is 109 cm³/mol. The Morgan fingerprint density at radius 3 is 2.26 bits per heavy atom. The molecule has 2 aromatic carbocycles. The van der Waals surface area contributed by atoms with E-state index in [1.165, 1.54) is 7.11 Å². The number of ether oxygens (including phenoxy) is 1. The van der Waals surface area contributed by atoms with Crippen LogP contribution >= 0.6 is 0 Å². The van der Waals surface area contributed by atoms with Gasteiger partial charge in [-0.3, -0.25) is 9.10 Å². The Bertz CT molecular complexity index is 905. The molecule has 2 aromatic rings. The van der Waals surface area contributed by atoms with Gasteiger partial charge in [0.25, 0.3) is 0 Å². The van der Waals surface area contributed by atoms with E-state index < -0.39 is 16.1 Å². The van der Waals surface area contributed by atoms with Gasteiger partial charge < -0.3 is 10.1 Å². The fourth-order valence-corrected chi connectivity index (χ4v) is 4.23. The molecule has 146 valence electrons. The molecular weight excluding hydrogens is 364 g/mol. The van der Waals surface area contributed by atoms with Crippen LogP contribution in [0.15, 0.2) is 42.5 Å². The fraction of sp³-hybridized carbons (Fsp3) is 0.350. The van der Waals surface area contributed by atoms with Gasteiger partial charge in [-0.05, 0) is 43.5 Å². The van der Waals surface area contributed by atoms with Crippen LogP contribution in [0.4, 0.5) is 11.4 Å². The van der Waals surface area contributed by atoms with Crippen LogP contribution in [0.5, 0.6) is 5.75 Å². The highest BCUT2D eigenvalue weighted by Gasteiger charge is 2.32. The summed E-state index contributed by atoms with van der Waals surface area (Å²) in [5.41, 5.74) is 2.94. The normalized spacial score (nSPS) is 12.3. The van der Waals surface area contributed by atoms with Crippen molar-refractivity contribution >= 4 is 27.3 Å². The summed E-state index contributed by atoms with van der Waals surface area (Å²) in [4.78, 5) is 13.0. The summed E-state index contributed by atoms with van der Waals surface area (Å²) in [5.74, 6) is 0.148. The molecule has 0 aliphatic rings. The van der Waals surface area contributed by atoms with Gasteiger partial charge in [0.1, 0.15) is 11.8 Å². The van der Waals surface area contributed by atoms with E-state index in [0.717, 1.165) is 21.7 Å². The second-order valence-corrected chi connectivity index (χ2v) is 8.30. The number of benzene rings is 2. The average Bonchev–Trinajstić information content (AvgIpc) is 2.61. The topological polar surface area (TPSA) is 75.7 Å². The van der Waals surface area contributed by atoms with Crippen LogP contribution < -0.4 is 14.4 Å². The number of methoxy groups -OCH3 is 1. The molecule has 2 rings (SSSR count). The Kier molecular flexibility index (Phi) is 6.49. The highest BCUT2D eigenvalue weighted by molar-refractivity contribution is 7.92. The average molecular weight is 391 g/mol. The largest absolute Gasteiger partial charge is 0.497 e. The van der Waals surface area contributed by atoms with E-state index in [-0.39, 0.29) is 5.91 Å². The molecule has 0 saturated carbocycles. The summed E-state index contributed by atoms with van der Waals surface area (Å²) >= 11 is 0. The first kappa shape index (κ1) is 20.8. The number of hydrogen-bond acceptors (Lipinski definition) is 4. The summed E-state index contributed by atoms with van der Waals surface area (Å²) < 4.78 is 31.4. The van der Waals surface area contributed by atoms with Crippen molar-refractivity contribution in [3.05, 3.63) is 53.6 Å². The molecule has 7 heteroatoms. The van der Waals surface area contributed by atoms with Gasteiger partial charge in [-0.15, -0.1) is 0 Å². The fourth-order valence-electron chi connectivity index (χ4n) is 3.03. The highest BCUT2D eigenvalue weighted by Crippen LogP contribution is 2.27. The van der Waals surface area contributed by atoms with Crippen molar-refractivity contribution in [2.75, 3.05) is 23.0 Å². The van der Waals surface area contributed by atoms with Crippen molar-refractivity contribution in [2.45, 2.75) is 33.2 Å². The van der Waals surface area contributed by atoms with Gasteiger partial charge in [-0.25, -0.2) is 8.42 Å². The third-order valence-corrected chi connectivity index (χ3v) is 5.55. The van der Waals surface area contributed by atoms with E-state index in [9.17, 15) is 13.2 Å². The van der Waals surface area contributed by atoms with Gasteiger partial charge in [-0.2, -0.15) is 0 Å². The van der Waals surface area contributed by atoms with Crippen molar-refractivity contribution in [1.29, 1.82) is 0 Å². The van der Waals surface area contributed by atoms with Crippen LogP contribution in [-0.2, 0) is 14.8 Å². The van der Waals surface area contributed by atoms with Crippen LogP contribution in [0.25, 0.3) is 0 Å². The second kappa shape index (κ2) is 8.43. The zero-order valence-corrected chi connectivity index (χ0v) is 17.1. The van der Waals surface area contributed by atoms with Crippen LogP contribution in [0.3, 0.4) is 0 Å². The minimum absolute atomic E-state index is 0.320. The first-order chi connectivity index (χ1) is 12.7. The molecule has 1 N–H and O–H groups in total. The van der Waals surface area contributed by atoms with Crippen molar-refractivity contribution in [1.82, 2.24) is 0 Å².